The molecule has 4 aromatic rings. The predicted octanol–water partition coefficient (Wildman–Crippen LogP) is 3.95. The molecule has 8 nitrogen and oxygen atoms in total. The van der Waals surface area contributed by atoms with Gasteiger partial charge in [-0.2, -0.15) is 9.97 Å². The molecule has 1 fully saturated rings. The van der Waals surface area contributed by atoms with Gasteiger partial charge in [0.2, 0.25) is 11.8 Å². The number of fused-ring (bicyclic) bond motifs is 2. The molecule has 0 bridgehead atoms. The van der Waals surface area contributed by atoms with E-state index >= 15 is 0 Å². The Morgan fingerprint density at radius 3 is 2.57 bits per heavy atom. The Hall–Kier alpha value is -3.26. The highest BCUT2D eigenvalue weighted by molar-refractivity contribution is 5.99. The Morgan fingerprint density at radius 2 is 1.80 bits per heavy atom. The number of aromatic amines is 1. The number of anilines is 1. The maximum absolute atomic E-state index is 5.64. The van der Waals surface area contributed by atoms with Gasteiger partial charge in [0.05, 0.1) is 29.6 Å². The highest BCUT2D eigenvalue weighted by atomic mass is 16.5. The Bertz CT molecular complexity index is 1180. The van der Waals surface area contributed by atoms with E-state index in [0.717, 1.165) is 58.9 Å². The summed E-state index contributed by atoms with van der Waals surface area (Å²) in [5.74, 6) is 1.13. The monoisotopic (exact) mass is 404 g/mol. The SMILES string of the molecule is COc1nc(NC2CCC(OC)CC2)nc2[nH]cc(-c3ccc4nccnc4c3)c12. The molecule has 8 heteroatoms. The first-order valence-corrected chi connectivity index (χ1v) is 10.2. The number of nitrogens with one attached hydrogen (secondary N) is 2. The molecule has 5 rings (SSSR count). The van der Waals surface area contributed by atoms with Crippen molar-refractivity contribution in [3.8, 4) is 17.0 Å². The zero-order valence-electron chi connectivity index (χ0n) is 17.1. The molecule has 0 amide bonds. The van der Waals surface area contributed by atoms with E-state index in [4.69, 9.17) is 14.5 Å². The lowest BCUT2D eigenvalue weighted by atomic mass is 9.93. The molecule has 0 saturated heterocycles. The van der Waals surface area contributed by atoms with Crippen LogP contribution in [0.2, 0.25) is 0 Å². The number of hydrogen-bond acceptors (Lipinski definition) is 7. The number of rotatable bonds is 5. The van der Waals surface area contributed by atoms with Gasteiger partial charge in [-0.05, 0) is 43.4 Å². The lowest BCUT2D eigenvalue weighted by Crippen LogP contribution is -2.29. The third kappa shape index (κ3) is 3.43. The maximum atomic E-state index is 5.64. The van der Waals surface area contributed by atoms with Crippen LogP contribution < -0.4 is 10.1 Å². The van der Waals surface area contributed by atoms with E-state index in [1.807, 2.05) is 24.4 Å². The molecule has 3 aromatic heterocycles. The van der Waals surface area contributed by atoms with Crippen LogP contribution in [0.25, 0.3) is 33.2 Å². The zero-order valence-corrected chi connectivity index (χ0v) is 17.1. The van der Waals surface area contributed by atoms with Crippen LogP contribution in [0.4, 0.5) is 5.95 Å². The summed E-state index contributed by atoms with van der Waals surface area (Å²) < 4.78 is 11.1. The van der Waals surface area contributed by atoms with Gasteiger partial charge in [-0.1, -0.05) is 6.07 Å². The Labute approximate surface area is 174 Å². The van der Waals surface area contributed by atoms with Gasteiger partial charge >= 0.3 is 0 Å². The molecule has 154 valence electrons. The summed E-state index contributed by atoms with van der Waals surface area (Å²) in [6.45, 7) is 0. The van der Waals surface area contributed by atoms with Crippen molar-refractivity contribution in [2.75, 3.05) is 19.5 Å². The first-order chi connectivity index (χ1) is 14.7. The van der Waals surface area contributed by atoms with Crippen LogP contribution in [0.3, 0.4) is 0 Å². The fourth-order valence-electron chi connectivity index (χ4n) is 4.20. The molecule has 0 radical (unpaired) electrons. The smallest absolute Gasteiger partial charge is 0.228 e. The van der Waals surface area contributed by atoms with E-state index in [1.165, 1.54) is 0 Å². The quantitative estimate of drug-likeness (QED) is 0.520. The number of benzene rings is 1. The number of H-pyrrole nitrogens is 1. The highest BCUT2D eigenvalue weighted by Gasteiger charge is 2.22. The first-order valence-electron chi connectivity index (χ1n) is 10.2. The molecular formula is C22H24N6O2. The van der Waals surface area contributed by atoms with Gasteiger partial charge in [0, 0.05) is 37.3 Å². The van der Waals surface area contributed by atoms with Crippen molar-refractivity contribution in [1.29, 1.82) is 0 Å². The van der Waals surface area contributed by atoms with Crippen LogP contribution in [-0.4, -0.2) is 51.3 Å². The second-order valence-corrected chi connectivity index (χ2v) is 7.60. The molecular weight excluding hydrogens is 380 g/mol. The van der Waals surface area contributed by atoms with Gasteiger partial charge in [0.25, 0.3) is 0 Å². The fraction of sp³-hybridized carbons (Fsp3) is 0.364. The molecule has 1 saturated carbocycles. The second kappa shape index (κ2) is 7.87. The van der Waals surface area contributed by atoms with Crippen molar-refractivity contribution in [3.05, 3.63) is 36.8 Å². The van der Waals surface area contributed by atoms with Gasteiger partial charge in [-0.25, -0.2) is 0 Å². The lowest BCUT2D eigenvalue weighted by Gasteiger charge is -2.28. The molecule has 1 aromatic carbocycles. The van der Waals surface area contributed by atoms with E-state index in [0.29, 0.717) is 24.0 Å². The molecule has 0 atom stereocenters. The molecule has 0 unspecified atom stereocenters. The van der Waals surface area contributed by atoms with Crippen LogP contribution in [0.5, 0.6) is 5.88 Å². The molecule has 0 aliphatic heterocycles. The molecule has 1 aliphatic carbocycles. The molecule has 2 N–H and O–H groups in total. The number of nitrogens with zero attached hydrogens (tertiary/aromatic N) is 4. The summed E-state index contributed by atoms with van der Waals surface area (Å²) in [5, 5.41) is 4.33. The third-order valence-corrected chi connectivity index (χ3v) is 5.81. The normalized spacial score (nSPS) is 19.3. The first kappa shape index (κ1) is 18.7. The largest absolute Gasteiger partial charge is 0.480 e. The van der Waals surface area contributed by atoms with Crippen molar-refractivity contribution in [2.24, 2.45) is 0 Å². The number of methoxy groups -OCH3 is 2. The highest BCUT2D eigenvalue weighted by Crippen LogP contribution is 2.35. The van der Waals surface area contributed by atoms with E-state index in [2.05, 4.69) is 25.3 Å². The number of hydrogen-bond donors (Lipinski definition) is 2. The summed E-state index contributed by atoms with van der Waals surface area (Å²) in [7, 11) is 3.42. The van der Waals surface area contributed by atoms with Crippen LogP contribution in [0.15, 0.2) is 36.8 Å². The summed E-state index contributed by atoms with van der Waals surface area (Å²) >= 11 is 0. The van der Waals surface area contributed by atoms with Gasteiger partial charge < -0.3 is 19.8 Å². The Kier molecular flexibility index (Phi) is 4.92. The van der Waals surface area contributed by atoms with Gasteiger partial charge in [-0.3, -0.25) is 9.97 Å². The molecule has 1 aliphatic rings. The zero-order chi connectivity index (χ0) is 20.5. The summed E-state index contributed by atoms with van der Waals surface area (Å²) in [5.41, 5.74) is 4.42. The maximum Gasteiger partial charge on any atom is 0.228 e. The van der Waals surface area contributed by atoms with E-state index in [9.17, 15) is 0 Å². The second-order valence-electron chi connectivity index (χ2n) is 7.60. The van der Waals surface area contributed by atoms with Crippen molar-refractivity contribution < 1.29 is 9.47 Å². The van der Waals surface area contributed by atoms with Crippen molar-refractivity contribution in [2.45, 2.75) is 37.8 Å². The predicted molar refractivity (Wildman–Crippen MR) is 116 cm³/mol. The molecule has 3 heterocycles. The lowest BCUT2D eigenvalue weighted by molar-refractivity contribution is 0.0681. The topological polar surface area (TPSA) is 97.8 Å². The van der Waals surface area contributed by atoms with Gasteiger partial charge in [-0.15, -0.1) is 0 Å². The van der Waals surface area contributed by atoms with Crippen LogP contribution in [-0.2, 0) is 4.74 Å². The van der Waals surface area contributed by atoms with E-state index in [1.54, 1.807) is 26.6 Å². The van der Waals surface area contributed by atoms with E-state index < -0.39 is 0 Å². The number of aromatic nitrogens is 5. The van der Waals surface area contributed by atoms with Crippen molar-refractivity contribution in [3.63, 3.8) is 0 Å². The summed E-state index contributed by atoms with van der Waals surface area (Å²) in [6, 6.07) is 6.35. The minimum absolute atomic E-state index is 0.340. The minimum atomic E-state index is 0.340. The van der Waals surface area contributed by atoms with Crippen LogP contribution >= 0.6 is 0 Å². The van der Waals surface area contributed by atoms with Crippen molar-refractivity contribution in [1.82, 2.24) is 24.9 Å². The number of ether oxygens (including phenoxy) is 2. The average Bonchev–Trinajstić information content (AvgIpc) is 3.23. The summed E-state index contributed by atoms with van der Waals surface area (Å²) in [6.07, 6.45) is 9.86. The van der Waals surface area contributed by atoms with Gasteiger partial charge in [0.15, 0.2) is 0 Å². The standard InChI is InChI=1S/C22H24N6O2/c1-29-15-6-4-14(5-7-15)26-22-27-20-19(21(28-22)30-2)16(12-25-20)13-3-8-17-18(11-13)24-10-9-23-17/h3,8-12,14-15H,4-7H2,1-2H3,(H2,25,26,27,28). The fourth-order valence-corrected chi connectivity index (χ4v) is 4.20. The molecule has 0 spiro atoms. The minimum Gasteiger partial charge on any atom is -0.480 e. The average molecular weight is 404 g/mol. The van der Waals surface area contributed by atoms with Crippen LogP contribution in [0, 0.1) is 0 Å². The van der Waals surface area contributed by atoms with Crippen molar-refractivity contribution >= 4 is 28.0 Å². The van der Waals surface area contributed by atoms with Gasteiger partial charge in [0.1, 0.15) is 5.65 Å². The third-order valence-electron chi connectivity index (χ3n) is 5.81. The Balaban J connectivity index is 1.48. The Morgan fingerprint density at radius 1 is 1.00 bits per heavy atom. The molecule has 30 heavy (non-hydrogen) atoms. The summed E-state index contributed by atoms with van der Waals surface area (Å²) in [4.78, 5) is 21.4. The van der Waals surface area contributed by atoms with E-state index in [-0.39, 0.29) is 0 Å². The van der Waals surface area contributed by atoms with Crippen LogP contribution in [0.1, 0.15) is 25.7 Å².